The summed E-state index contributed by atoms with van der Waals surface area (Å²) in [5.74, 6) is -0.618. The van der Waals surface area contributed by atoms with Gasteiger partial charge in [-0.2, -0.15) is 0 Å². The highest BCUT2D eigenvalue weighted by Crippen LogP contribution is 2.20. The van der Waals surface area contributed by atoms with E-state index in [4.69, 9.17) is 0 Å². The third-order valence-electron chi connectivity index (χ3n) is 4.37. The zero-order valence-corrected chi connectivity index (χ0v) is 15.6. The SMILES string of the molecule is Cc1cccc(C)c1NC(=O)c1cccc(C(=O)N(C)c2ccccc2)n1. The summed E-state index contributed by atoms with van der Waals surface area (Å²) >= 11 is 0. The van der Waals surface area contributed by atoms with E-state index in [2.05, 4.69) is 10.3 Å². The van der Waals surface area contributed by atoms with Gasteiger partial charge in [-0.05, 0) is 49.2 Å². The van der Waals surface area contributed by atoms with Gasteiger partial charge in [0.15, 0.2) is 0 Å². The molecule has 1 aromatic heterocycles. The summed E-state index contributed by atoms with van der Waals surface area (Å²) in [5.41, 5.74) is 3.89. The molecule has 0 radical (unpaired) electrons. The number of carbonyl (C=O) groups is 2. The average Bonchev–Trinajstić information content (AvgIpc) is 2.70. The third kappa shape index (κ3) is 4.03. The van der Waals surface area contributed by atoms with Crippen LogP contribution in [-0.4, -0.2) is 23.8 Å². The molecular formula is C22H21N3O2. The van der Waals surface area contributed by atoms with Crippen LogP contribution in [0.15, 0.2) is 66.7 Å². The highest BCUT2D eigenvalue weighted by Gasteiger charge is 2.17. The van der Waals surface area contributed by atoms with Crippen LogP contribution in [0.4, 0.5) is 11.4 Å². The van der Waals surface area contributed by atoms with E-state index in [1.807, 2.05) is 62.4 Å². The minimum atomic E-state index is -0.343. The molecule has 27 heavy (non-hydrogen) atoms. The standard InChI is InChI=1S/C22H21N3O2/c1-15-9-7-10-16(2)20(15)24-21(26)18-13-8-14-19(23-18)22(27)25(3)17-11-5-4-6-12-17/h4-14H,1-3H3,(H,24,26). The van der Waals surface area contributed by atoms with Gasteiger partial charge in [0, 0.05) is 18.4 Å². The molecule has 3 rings (SSSR count). The average molecular weight is 359 g/mol. The second kappa shape index (κ2) is 7.83. The number of carbonyl (C=O) groups excluding carboxylic acids is 2. The lowest BCUT2D eigenvalue weighted by Gasteiger charge is -2.17. The number of aryl methyl sites for hydroxylation is 2. The first-order valence-electron chi connectivity index (χ1n) is 8.65. The summed E-state index contributed by atoms with van der Waals surface area (Å²) in [7, 11) is 1.68. The number of rotatable bonds is 4. The number of hydrogen-bond donors (Lipinski definition) is 1. The van der Waals surface area contributed by atoms with Gasteiger partial charge in [-0.15, -0.1) is 0 Å². The molecule has 0 saturated heterocycles. The number of pyridine rings is 1. The number of amides is 2. The van der Waals surface area contributed by atoms with E-state index in [-0.39, 0.29) is 23.2 Å². The van der Waals surface area contributed by atoms with Crippen LogP contribution in [0.5, 0.6) is 0 Å². The van der Waals surface area contributed by atoms with Gasteiger partial charge in [-0.1, -0.05) is 42.5 Å². The Labute approximate surface area is 158 Å². The van der Waals surface area contributed by atoms with Gasteiger partial charge in [0.05, 0.1) is 0 Å². The maximum atomic E-state index is 12.7. The molecule has 3 aromatic rings. The highest BCUT2D eigenvalue weighted by atomic mass is 16.2. The zero-order chi connectivity index (χ0) is 19.4. The van der Waals surface area contributed by atoms with Crippen molar-refractivity contribution in [1.82, 2.24) is 4.98 Å². The van der Waals surface area contributed by atoms with Crippen LogP contribution >= 0.6 is 0 Å². The second-order valence-electron chi connectivity index (χ2n) is 6.33. The van der Waals surface area contributed by atoms with Crippen molar-refractivity contribution in [3.63, 3.8) is 0 Å². The molecule has 5 nitrogen and oxygen atoms in total. The van der Waals surface area contributed by atoms with E-state index >= 15 is 0 Å². The lowest BCUT2D eigenvalue weighted by Crippen LogP contribution is -2.28. The normalized spacial score (nSPS) is 10.3. The summed E-state index contributed by atoms with van der Waals surface area (Å²) in [5, 5.41) is 2.90. The summed E-state index contributed by atoms with van der Waals surface area (Å²) < 4.78 is 0. The molecule has 1 heterocycles. The fourth-order valence-corrected chi connectivity index (χ4v) is 2.81. The Hall–Kier alpha value is -3.47. The first-order valence-corrected chi connectivity index (χ1v) is 8.65. The number of aromatic nitrogens is 1. The van der Waals surface area contributed by atoms with Gasteiger partial charge in [-0.3, -0.25) is 9.59 Å². The molecule has 0 saturated carbocycles. The summed E-state index contributed by atoms with van der Waals surface area (Å²) in [6.07, 6.45) is 0. The molecular weight excluding hydrogens is 338 g/mol. The third-order valence-corrected chi connectivity index (χ3v) is 4.37. The van der Waals surface area contributed by atoms with Gasteiger partial charge >= 0.3 is 0 Å². The van der Waals surface area contributed by atoms with Crippen LogP contribution in [-0.2, 0) is 0 Å². The van der Waals surface area contributed by atoms with Crippen molar-refractivity contribution in [2.75, 3.05) is 17.3 Å². The number of benzene rings is 2. The largest absolute Gasteiger partial charge is 0.320 e. The molecule has 136 valence electrons. The number of hydrogen-bond acceptors (Lipinski definition) is 3. The first kappa shape index (κ1) is 18.3. The monoisotopic (exact) mass is 359 g/mol. The predicted octanol–water partition coefficient (Wildman–Crippen LogP) is 4.23. The quantitative estimate of drug-likeness (QED) is 0.758. The smallest absolute Gasteiger partial charge is 0.276 e. The van der Waals surface area contributed by atoms with Crippen molar-refractivity contribution in [2.45, 2.75) is 13.8 Å². The van der Waals surface area contributed by atoms with Crippen LogP contribution in [0.2, 0.25) is 0 Å². The molecule has 0 atom stereocenters. The topological polar surface area (TPSA) is 62.3 Å². The fraction of sp³-hybridized carbons (Fsp3) is 0.136. The number of anilines is 2. The van der Waals surface area contributed by atoms with E-state index in [0.717, 1.165) is 22.5 Å². The Morgan fingerprint density at radius 1 is 0.815 bits per heavy atom. The van der Waals surface area contributed by atoms with E-state index < -0.39 is 0 Å². The maximum absolute atomic E-state index is 12.7. The van der Waals surface area contributed by atoms with Crippen molar-refractivity contribution in [1.29, 1.82) is 0 Å². The second-order valence-corrected chi connectivity index (χ2v) is 6.33. The van der Waals surface area contributed by atoms with Crippen LogP contribution < -0.4 is 10.2 Å². The highest BCUT2D eigenvalue weighted by molar-refractivity contribution is 6.07. The van der Waals surface area contributed by atoms with E-state index in [1.165, 1.54) is 4.90 Å². The molecule has 5 heteroatoms. The van der Waals surface area contributed by atoms with Crippen LogP contribution in [0.25, 0.3) is 0 Å². The Kier molecular flexibility index (Phi) is 5.31. The van der Waals surface area contributed by atoms with Gasteiger partial charge in [-0.25, -0.2) is 4.98 Å². The zero-order valence-electron chi connectivity index (χ0n) is 15.6. The summed E-state index contributed by atoms with van der Waals surface area (Å²) in [6, 6.07) is 20.0. The van der Waals surface area contributed by atoms with Gasteiger partial charge in [0.2, 0.25) is 0 Å². The molecule has 2 amide bonds. The molecule has 0 aliphatic carbocycles. The maximum Gasteiger partial charge on any atom is 0.276 e. The van der Waals surface area contributed by atoms with Gasteiger partial charge in [0.1, 0.15) is 11.4 Å². The van der Waals surface area contributed by atoms with Crippen molar-refractivity contribution in [2.24, 2.45) is 0 Å². The Morgan fingerprint density at radius 3 is 2.07 bits per heavy atom. The van der Waals surface area contributed by atoms with Gasteiger partial charge < -0.3 is 10.2 Å². The molecule has 0 aliphatic rings. The molecule has 0 unspecified atom stereocenters. The van der Waals surface area contributed by atoms with E-state index in [0.29, 0.717) is 0 Å². The lowest BCUT2D eigenvalue weighted by molar-refractivity contribution is 0.0988. The van der Waals surface area contributed by atoms with Crippen molar-refractivity contribution < 1.29 is 9.59 Å². The Bertz CT molecular complexity index is 964. The van der Waals surface area contributed by atoms with Crippen LogP contribution in [0.3, 0.4) is 0 Å². The van der Waals surface area contributed by atoms with Crippen molar-refractivity contribution in [3.05, 3.63) is 89.2 Å². The number of nitrogens with one attached hydrogen (secondary N) is 1. The molecule has 0 fully saturated rings. The first-order chi connectivity index (χ1) is 13.0. The summed E-state index contributed by atoms with van der Waals surface area (Å²) in [6.45, 7) is 3.87. The Balaban J connectivity index is 1.83. The predicted molar refractivity (Wildman–Crippen MR) is 107 cm³/mol. The Morgan fingerprint density at radius 2 is 1.41 bits per heavy atom. The van der Waals surface area contributed by atoms with Crippen molar-refractivity contribution >= 4 is 23.2 Å². The number of para-hydroxylation sites is 2. The molecule has 0 bridgehead atoms. The lowest BCUT2D eigenvalue weighted by atomic mass is 10.1. The van der Waals surface area contributed by atoms with Crippen LogP contribution in [0.1, 0.15) is 32.1 Å². The van der Waals surface area contributed by atoms with E-state index in [9.17, 15) is 9.59 Å². The summed E-state index contributed by atoms with van der Waals surface area (Å²) in [4.78, 5) is 31.1. The van der Waals surface area contributed by atoms with Crippen molar-refractivity contribution in [3.8, 4) is 0 Å². The van der Waals surface area contributed by atoms with Crippen LogP contribution in [0, 0.1) is 13.8 Å². The minimum Gasteiger partial charge on any atom is -0.320 e. The molecule has 0 aliphatic heterocycles. The van der Waals surface area contributed by atoms with E-state index in [1.54, 1.807) is 25.2 Å². The van der Waals surface area contributed by atoms with Gasteiger partial charge in [0.25, 0.3) is 11.8 Å². The molecule has 1 N–H and O–H groups in total. The fourth-order valence-electron chi connectivity index (χ4n) is 2.81. The minimum absolute atomic E-state index is 0.199. The number of nitrogens with zero attached hydrogens (tertiary/aromatic N) is 2. The molecule has 0 spiro atoms. The molecule has 2 aromatic carbocycles.